The number of rotatable bonds is 29. The Bertz CT molecular complexity index is 373. The van der Waals surface area contributed by atoms with E-state index < -0.39 is 6.69 Å². The van der Waals surface area contributed by atoms with Gasteiger partial charge in [0, 0.05) is 0 Å². The lowest BCUT2D eigenvalue weighted by atomic mass is 10.0. The van der Waals surface area contributed by atoms with E-state index in [9.17, 15) is 0 Å². The van der Waals surface area contributed by atoms with Gasteiger partial charge < -0.3 is 0 Å². The minimum atomic E-state index is -1.84. The number of hydrogen-bond acceptors (Lipinski definition) is 1. The van der Waals surface area contributed by atoms with Gasteiger partial charge in [-0.15, -0.1) is 22.2 Å². The van der Waals surface area contributed by atoms with Gasteiger partial charge in [0.25, 0.3) is 0 Å². The molecule has 0 atom stereocenters. The smallest absolute Gasteiger partial charge is 0.179 e. The topological polar surface area (TPSA) is 0 Å². The molecule has 0 rings (SSSR count). The first-order chi connectivity index (χ1) is 16.6. The van der Waals surface area contributed by atoms with Crippen LogP contribution in [-0.2, 0) is 0 Å². The largest absolute Gasteiger partial charge is 0.248 e. The van der Waals surface area contributed by atoms with Crippen molar-refractivity contribution in [1.29, 1.82) is 0 Å². The van der Waals surface area contributed by atoms with E-state index in [2.05, 4.69) is 12.6 Å². The van der Waals surface area contributed by atoms with Crippen molar-refractivity contribution in [3.8, 4) is 0 Å². The van der Waals surface area contributed by atoms with Crippen molar-refractivity contribution >= 4 is 41.5 Å². The van der Waals surface area contributed by atoms with Crippen LogP contribution in [0.4, 0.5) is 0 Å². The molecule has 0 spiro atoms. The summed E-state index contributed by atoms with van der Waals surface area (Å²) < 4.78 is 0. The number of hydrogen-bond donors (Lipinski definition) is 1. The lowest BCUT2D eigenvalue weighted by Crippen LogP contribution is -2.11. The molecule has 0 saturated heterocycles. The summed E-state index contributed by atoms with van der Waals surface area (Å²) >= 11 is 16.6. The van der Waals surface area contributed by atoms with Crippen LogP contribution in [0, 0.1) is 0 Å². The molecule has 0 radical (unpaired) electrons. The highest BCUT2D eigenvalue weighted by Gasteiger charge is 2.19. The number of halogens is 2. The maximum atomic E-state index is 6.15. The Kier molecular flexibility index (Phi) is 29.7. The van der Waals surface area contributed by atoms with Gasteiger partial charge in [-0.05, 0) is 24.8 Å². The Labute approximate surface area is 232 Å². The molecule has 4 heteroatoms. The van der Waals surface area contributed by atoms with E-state index in [0.29, 0.717) is 0 Å². The summed E-state index contributed by atoms with van der Waals surface area (Å²) in [4.78, 5) is 0. The van der Waals surface area contributed by atoms with Gasteiger partial charge in [0.1, 0.15) is 0 Å². The third-order valence-corrected chi connectivity index (χ3v) is 9.96. The van der Waals surface area contributed by atoms with Gasteiger partial charge in [-0.25, -0.2) is 0 Å². The first kappa shape index (κ1) is 35.1. The summed E-state index contributed by atoms with van der Waals surface area (Å²) in [6.07, 6.45) is 38.7. The van der Waals surface area contributed by atoms with Crippen LogP contribution < -0.4 is 0 Å². The Hall–Kier alpha value is 1.15. The zero-order valence-electron chi connectivity index (χ0n) is 23.2. The standard InChI is InChI=1S/C30H62Cl2SSi/c1-34(31,32)30-28-26-24-22-20-18-16-14-12-10-8-6-4-2-3-5-7-9-11-13-15-17-19-21-23-25-27-29-33/h33H,2-30H2,1H3. The maximum Gasteiger partial charge on any atom is 0.248 e. The van der Waals surface area contributed by atoms with Gasteiger partial charge >= 0.3 is 0 Å². The molecule has 0 aromatic heterocycles. The fourth-order valence-electron chi connectivity index (χ4n) is 4.97. The van der Waals surface area contributed by atoms with Crippen LogP contribution in [0.2, 0.25) is 12.6 Å². The molecule has 206 valence electrons. The summed E-state index contributed by atoms with van der Waals surface area (Å²) in [5.41, 5.74) is 0. The predicted octanol–water partition coefficient (Wildman–Crippen LogP) is 13.0. The second kappa shape index (κ2) is 28.7. The molecule has 0 aliphatic carbocycles. The molecular formula is C30H62Cl2SSi. The van der Waals surface area contributed by atoms with Crippen molar-refractivity contribution in [2.45, 2.75) is 186 Å². The monoisotopic (exact) mass is 552 g/mol. The molecular weight excluding hydrogens is 491 g/mol. The lowest BCUT2D eigenvalue weighted by Gasteiger charge is -2.09. The van der Waals surface area contributed by atoms with E-state index in [1.165, 1.54) is 173 Å². The number of unbranched alkanes of at least 4 members (excludes halogenated alkanes) is 26. The summed E-state index contributed by atoms with van der Waals surface area (Å²) in [7, 11) is 0. The molecule has 0 bridgehead atoms. The molecule has 0 fully saturated rings. The molecule has 0 aliphatic rings. The van der Waals surface area contributed by atoms with E-state index in [1.807, 2.05) is 6.55 Å². The Morgan fingerprint density at radius 2 is 0.529 bits per heavy atom. The fourth-order valence-corrected chi connectivity index (χ4v) is 6.86. The van der Waals surface area contributed by atoms with Crippen molar-refractivity contribution in [2.24, 2.45) is 0 Å². The van der Waals surface area contributed by atoms with Crippen LogP contribution in [0.25, 0.3) is 0 Å². The van der Waals surface area contributed by atoms with E-state index in [0.717, 1.165) is 11.8 Å². The zero-order chi connectivity index (χ0) is 25.0. The Morgan fingerprint density at radius 1 is 0.353 bits per heavy atom. The van der Waals surface area contributed by atoms with Gasteiger partial charge in [-0.3, -0.25) is 0 Å². The van der Waals surface area contributed by atoms with E-state index in [1.54, 1.807) is 0 Å². The highest BCUT2D eigenvalue weighted by atomic mass is 35.7. The molecule has 0 nitrogen and oxygen atoms in total. The quantitative estimate of drug-likeness (QED) is 0.0405. The molecule has 0 aromatic rings. The van der Waals surface area contributed by atoms with Gasteiger partial charge in [0.15, 0.2) is 0 Å². The maximum absolute atomic E-state index is 6.15. The van der Waals surface area contributed by atoms with Crippen LogP contribution in [-0.4, -0.2) is 12.4 Å². The lowest BCUT2D eigenvalue weighted by molar-refractivity contribution is 0.515. The van der Waals surface area contributed by atoms with Crippen LogP contribution in [0.15, 0.2) is 0 Å². The van der Waals surface area contributed by atoms with Gasteiger partial charge in [-0.2, -0.15) is 12.6 Å². The second-order valence-electron chi connectivity index (χ2n) is 11.1. The summed E-state index contributed by atoms with van der Waals surface area (Å²) in [6.45, 7) is 0.202. The summed E-state index contributed by atoms with van der Waals surface area (Å²) in [5, 5.41) is 0. The fraction of sp³-hybridized carbons (Fsp3) is 1.00. The van der Waals surface area contributed by atoms with Crippen molar-refractivity contribution in [3.05, 3.63) is 0 Å². The highest BCUT2D eigenvalue weighted by molar-refractivity contribution is 7.80. The van der Waals surface area contributed by atoms with Crippen molar-refractivity contribution in [3.63, 3.8) is 0 Å². The first-order valence-corrected chi connectivity index (χ1v) is 20.9. The minimum absolute atomic E-state index is 1.06. The molecule has 0 N–H and O–H groups in total. The molecule has 0 aliphatic heterocycles. The second-order valence-corrected chi connectivity index (χ2v) is 19.8. The zero-order valence-corrected chi connectivity index (χ0v) is 26.6. The predicted molar refractivity (Wildman–Crippen MR) is 167 cm³/mol. The summed E-state index contributed by atoms with van der Waals surface area (Å²) in [5.74, 6) is 1.06. The molecule has 0 amide bonds. The molecule has 0 heterocycles. The van der Waals surface area contributed by atoms with E-state index in [4.69, 9.17) is 22.2 Å². The third-order valence-electron chi connectivity index (χ3n) is 7.27. The average Bonchev–Trinajstić information content (AvgIpc) is 2.80. The van der Waals surface area contributed by atoms with Gasteiger partial charge in [0.05, 0.1) is 0 Å². The molecule has 0 aromatic carbocycles. The van der Waals surface area contributed by atoms with Crippen molar-refractivity contribution in [2.75, 3.05) is 5.75 Å². The van der Waals surface area contributed by atoms with Gasteiger partial charge in [0.2, 0.25) is 6.69 Å². The van der Waals surface area contributed by atoms with Crippen LogP contribution in [0.3, 0.4) is 0 Å². The minimum Gasteiger partial charge on any atom is -0.179 e. The Morgan fingerprint density at radius 3 is 0.706 bits per heavy atom. The van der Waals surface area contributed by atoms with Crippen LogP contribution >= 0.6 is 34.8 Å². The molecule has 0 unspecified atom stereocenters. The molecule has 34 heavy (non-hydrogen) atoms. The van der Waals surface area contributed by atoms with Crippen molar-refractivity contribution in [1.82, 2.24) is 0 Å². The van der Waals surface area contributed by atoms with E-state index >= 15 is 0 Å². The average molecular weight is 554 g/mol. The first-order valence-electron chi connectivity index (χ1n) is 15.5. The summed E-state index contributed by atoms with van der Waals surface area (Å²) in [6, 6.07) is 1.06. The van der Waals surface area contributed by atoms with E-state index in [-0.39, 0.29) is 0 Å². The van der Waals surface area contributed by atoms with Gasteiger partial charge in [-0.1, -0.05) is 167 Å². The van der Waals surface area contributed by atoms with Crippen LogP contribution in [0.1, 0.15) is 173 Å². The Balaban J connectivity index is 3.03. The SMILES string of the molecule is C[Si](Cl)(Cl)CCCCCCCCCCCCCCCCCCCCCCCCCCCCCS. The van der Waals surface area contributed by atoms with Crippen LogP contribution in [0.5, 0.6) is 0 Å². The third kappa shape index (κ3) is 33.1. The normalized spacial score (nSPS) is 12.0. The highest BCUT2D eigenvalue weighted by Crippen LogP contribution is 2.23. The molecule has 0 saturated carbocycles. The van der Waals surface area contributed by atoms with Crippen molar-refractivity contribution < 1.29 is 0 Å². The number of thiol groups is 1.